The molecule has 5 heteroatoms. The third-order valence-corrected chi connectivity index (χ3v) is 4.99. The molecule has 0 bridgehead atoms. The third kappa shape index (κ3) is 3.51. The van der Waals surface area contributed by atoms with Gasteiger partial charge in [-0.05, 0) is 37.6 Å². The molecule has 0 radical (unpaired) electrons. The van der Waals surface area contributed by atoms with Crippen LogP contribution in [0, 0.1) is 13.8 Å². The Morgan fingerprint density at radius 2 is 1.72 bits per heavy atom. The summed E-state index contributed by atoms with van der Waals surface area (Å²) in [5.74, 6) is -0.0204. The molecular weight excluding hydrogens is 378 g/mol. The summed E-state index contributed by atoms with van der Waals surface area (Å²) in [6.45, 7) is 4.36. The minimum atomic E-state index is -0.0204. The number of nitrogens with zero attached hydrogens (tertiary/aromatic N) is 3. The van der Waals surface area contributed by atoms with E-state index in [-0.39, 0.29) is 5.91 Å². The van der Waals surface area contributed by atoms with E-state index >= 15 is 0 Å². The van der Waals surface area contributed by atoms with Crippen LogP contribution in [0.25, 0.3) is 5.69 Å². The molecule has 0 unspecified atom stereocenters. The van der Waals surface area contributed by atoms with Crippen molar-refractivity contribution in [2.45, 2.75) is 20.4 Å². The van der Waals surface area contributed by atoms with E-state index in [4.69, 9.17) is 0 Å². The van der Waals surface area contributed by atoms with Crippen molar-refractivity contribution in [3.05, 3.63) is 81.6 Å². The van der Waals surface area contributed by atoms with Crippen LogP contribution in [0.15, 0.2) is 59.1 Å². The summed E-state index contributed by atoms with van der Waals surface area (Å²) >= 11 is 3.54. The molecule has 0 fully saturated rings. The average molecular weight is 398 g/mol. The molecule has 0 aliphatic rings. The van der Waals surface area contributed by atoms with Crippen molar-refractivity contribution < 1.29 is 4.79 Å². The van der Waals surface area contributed by atoms with Crippen molar-refractivity contribution in [3.8, 4) is 5.69 Å². The molecule has 0 aliphatic heterocycles. The standard InChI is InChI=1S/C20H20BrN3O/c1-14-19(15(2)24(22-14)17-10-5-4-6-11-17)20(25)23(3)13-16-9-7-8-12-18(16)21/h4-12H,13H2,1-3H3. The Hall–Kier alpha value is -2.40. The Kier molecular flexibility index (Phi) is 5.04. The van der Waals surface area contributed by atoms with Crippen molar-refractivity contribution in [1.82, 2.24) is 14.7 Å². The zero-order valence-corrected chi connectivity index (χ0v) is 16.1. The van der Waals surface area contributed by atoms with E-state index in [9.17, 15) is 4.79 Å². The lowest BCUT2D eigenvalue weighted by Gasteiger charge is -2.18. The van der Waals surface area contributed by atoms with E-state index in [2.05, 4.69) is 21.0 Å². The highest BCUT2D eigenvalue weighted by Crippen LogP contribution is 2.22. The van der Waals surface area contributed by atoms with E-state index in [1.807, 2.05) is 80.2 Å². The SMILES string of the molecule is Cc1nn(-c2ccccc2)c(C)c1C(=O)N(C)Cc1ccccc1Br. The van der Waals surface area contributed by atoms with Gasteiger partial charge in [0, 0.05) is 18.1 Å². The lowest BCUT2D eigenvalue weighted by atomic mass is 10.1. The highest BCUT2D eigenvalue weighted by Gasteiger charge is 2.22. The Labute approximate surface area is 156 Å². The number of aromatic nitrogens is 2. The number of halogens is 1. The fourth-order valence-electron chi connectivity index (χ4n) is 2.92. The van der Waals surface area contributed by atoms with E-state index in [1.54, 1.807) is 4.90 Å². The van der Waals surface area contributed by atoms with Gasteiger partial charge in [-0.3, -0.25) is 4.79 Å². The lowest BCUT2D eigenvalue weighted by Crippen LogP contribution is -2.27. The van der Waals surface area contributed by atoms with Crippen molar-refractivity contribution in [2.24, 2.45) is 0 Å². The monoisotopic (exact) mass is 397 g/mol. The second-order valence-corrected chi connectivity index (χ2v) is 6.90. The number of benzene rings is 2. The van der Waals surface area contributed by atoms with E-state index in [0.29, 0.717) is 12.1 Å². The van der Waals surface area contributed by atoms with Crippen molar-refractivity contribution in [1.29, 1.82) is 0 Å². The molecule has 3 rings (SSSR count). The number of para-hydroxylation sites is 1. The van der Waals surface area contributed by atoms with Gasteiger partial charge in [-0.1, -0.05) is 52.3 Å². The summed E-state index contributed by atoms with van der Waals surface area (Å²) in [4.78, 5) is 14.7. The maximum Gasteiger partial charge on any atom is 0.257 e. The van der Waals surface area contributed by atoms with Crippen LogP contribution in [0.2, 0.25) is 0 Å². The molecule has 0 aliphatic carbocycles. The van der Waals surface area contributed by atoms with Crippen LogP contribution in [-0.4, -0.2) is 27.6 Å². The Morgan fingerprint density at radius 1 is 1.08 bits per heavy atom. The molecule has 0 atom stereocenters. The molecule has 0 saturated carbocycles. The topological polar surface area (TPSA) is 38.1 Å². The molecule has 1 heterocycles. The number of aryl methyl sites for hydroxylation is 1. The maximum absolute atomic E-state index is 13.0. The first kappa shape index (κ1) is 17.4. The maximum atomic E-state index is 13.0. The second kappa shape index (κ2) is 7.23. The Bertz CT molecular complexity index is 903. The summed E-state index contributed by atoms with van der Waals surface area (Å²) in [6.07, 6.45) is 0. The molecule has 0 saturated heterocycles. The first-order chi connectivity index (χ1) is 12.0. The summed E-state index contributed by atoms with van der Waals surface area (Å²) < 4.78 is 2.83. The molecule has 0 spiro atoms. The highest BCUT2D eigenvalue weighted by atomic mass is 79.9. The number of amides is 1. The summed E-state index contributed by atoms with van der Waals surface area (Å²) in [5, 5.41) is 4.57. The van der Waals surface area contributed by atoms with Crippen LogP contribution in [0.4, 0.5) is 0 Å². The predicted octanol–water partition coefficient (Wildman–Crippen LogP) is 4.52. The summed E-state index contributed by atoms with van der Waals surface area (Å²) in [7, 11) is 1.82. The van der Waals surface area contributed by atoms with Gasteiger partial charge in [-0.2, -0.15) is 5.10 Å². The van der Waals surface area contributed by atoms with Crippen LogP contribution >= 0.6 is 15.9 Å². The lowest BCUT2D eigenvalue weighted by molar-refractivity contribution is 0.0783. The zero-order chi connectivity index (χ0) is 18.0. The van der Waals surface area contributed by atoms with Gasteiger partial charge in [0.25, 0.3) is 5.91 Å². The molecule has 0 N–H and O–H groups in total. The van der Waals surface area contributed by atoms with Gasteiger partial charge in [0.15, 0.2) is 0 Å². The van der Waals surface area contributed by atoms with E-state index in [0.717, 1.165) is 27.1 Å². The first-order valence-electron chi connectivity index (χ1n) is 8.09. The van der Waals surface area contributed by atoms with Gasteiger partial charge in [0.2, 0.25) is 0 Å². The molecular formula is C20H20BrN3O. The smallest absolute Gasteiger partial charge is 0.257 e. The number of hydrogen-bond acceptors (Lipinski definition) is 2. The minimum absolute atomic E-state index is 0.0204. The summed E-state index contributed by atoms with van der Waals surface area (Å²) in [6, 6.07) is 17.8. The molecule has 1 amide bonds. The average Bonchev–Trinajstić information content (AvgIpc) is 2.91. The molecule has 1 aromatic heterocycles. The largest absolute Gasteiger partial charge is 0.337 e. The molecule has 25 heavy (non-hydrogen) atoms. The van der Waals surface area contributed by atoms with Crippen molar-refractivity contribution in [3.63, 3.8) is 0 Å². The van der Waals surface area contributed by atoms with Crippen molar-refractivity contribution >= 4 is 21.8 Å². The normalized spacial score (nSPS) is 10.7. The Balaban J connectivity index is 1.90. The van der Waals surface area contributed by atoms with Gasteiger partial charge in [-0.15, -0.1) is 0 Å². The van der Waals surface area contributed by atoms with E-state index in [1.165, 1.54) is 0 Å². The number of rotatable bonds is 4. The van der Waals surface area contributed by atoms with Gasteiger partial charge in [0.1, 0.15) is 0 Å². The fourth-order valence-corrected chi connectivity index (χ4v) is 3.33. The van der Waals surface area contributed by atoms with Gasteiger partial charge in [0.05, 0.1) is 22.6 Å². The number of carbonyl (C=O) groups excluding carboxylic acids is 1. The Morgan fingerprint density at radius 3 is 2.40 bits per heavy atom. The van der Waals surface area contributed by atoms with Crippen LogP contribution in [0.5, 0.6) is 0 Å². The molecule has 4 nitrogen and oxygen atoms in total. The number of hydrogen-bond donors (Lipinski definition) is 0. The highest BCUT2D eigenvalue weighted by molar-refractivity contribution is 9.10. The van der Waals surface area contributed by atoms with Crippen LogP contribution in [-0.2, 0) is 6.54 Å². The zero-order valence-electron chi connectivity index (χ0n) is 14.5. The van der Waals surface area contributed by atoms with Crippen molar-refractivity contribution in [2.75, 3.05) is 7.05 Å². The van der Waals surface area contributed by atoms with Crippen LogP contribution < -0.4 is 0 Å². The van der Waals surface area contributed by atoms with E-state index < -0.39 is 0 Å². The summed E-state index contributed by atoms with van der Waals surface area (Å²) in [5.41, 5.74) is 4.29. The first-order valence-corrected chi connectivity index (χ1v) is 8.89. The molecule has 2 aromatic carbocycles. The second-order valence-electron chi connectivity index (χ2n) is 6.05. The third-order valence-electron chi connectivity index (χ3n) is 4.22. The quantitative estimate of drug-likeness (QED) is 0.648. The van der Waals surface area contributed by atoms with Gasteiger partial charge < -0.3 is 4.90 Å². The fraction of sp³-hybridized carbons (Fsp3) is 0.200. The van der Waals surface area contributed by atoms with Gasteiger partial charge >= 0.3 is 0 Å². The molecule has 3 aromatic rings. The number of carbonyl (C=O) groups is 1. The van der Waals surface area contributed by atoms with Gasteiger partial charge in [-0.25, -0.2) is 4.68 Å². The molecule has 128 valence electrons. The van der Waals surface area contributed by atoms with Crippen LogP contribution in [0.1, 0.15) is 27.3 Å². The predicted molar refractivity (Wildman–Crippen MR) is 103 cm³/mol. The van der Waals surface area contributed by atoms with Crippen LogP contribution in [0.3, 0.4) is 0 Å². The minimum Gasteiger partial charge on any atom is -0.337 e.